The van der Waals surface area contributed by atoms with E-state index in [0.717, 1.165) is 0 Å². The fourth-order valence-corrected chi connectivity index (χ4v) is 4.50. The summed E-state index contributed by atoms with van der Waals surface area (Å²) in [5.74, 6) is 0. The van der Waals surface area contributed by atoms with E-state index in [1.165, 1.54) is 49.0 Å². The largest absolute Gasteiger partial charge is 0.0622 e. The Morgan fingerprint density at radius 2 is 0.913 bits per heavy atom. The molecular formula is C22H13Br. The lowest BCUT2D eigenvalue weighted by Crippen LogP contribution is -1.89. The van der Waals surface area contributed by atoms with E-state index in [2.05, 4.69) is 94.8 Å². The van der Waals surface area contributed by atoms with Crippen LogP contribution in [-0.4, -0.2) is 0 Å². The minimum Gasteiger partial charge on any atom is -0.0622 e. The van der Waals surface area contributed by atoms with E-state index in [4.69, 9.17) is 0 Å². The number of rotatable bonds is 1. The molecule has 0 saturated carbocycles. The molecule has 0 heterocycles. The van der Waals surface area contributed by atoms with Crippen LogP contribution in [0.3, 0.4) is 0 Å². The summed E-state index contributed by atoms with van der Waals surface area (Å²) in [5, 5.41) is 0. The highest BCUT2D eigenvalue weighted by molar-refractivity contribution is 9.15. The number of benzene rings is 3. The maximum Gasteiger partial charge on any atom is 0.0339 e. The molecule has 0 aromatic heterocycles. The van der Waals surface area contributed by atoms with Gasteiger partial charge in [-0.05, 0) is 54.9 Å². The predicted octanol–water partition coefficient (Wildman–Crippen LogP) is 6.24. The highest BCUT2D eigenvalue weighted by Gasteiger charge is 2.35. The van der Waals surface area contributed by atoms with Gasteiger partial charge in [0.15, 0.2) is 0 Å². The summed E-state index contributed by atoms with van der Waals surface area (Å²) in [7, 11) is 0. The van der Waals surface area contributed by atoms with Crippen LogP contribution < -0.4 is 0 Å². The number of fused-ring (bicyclic) bond motifs is 5. The zero-order valence-electron chi connectivity index (χ0n) is 12.4. The fourth-order valence-electron chi connectivity index (χ4n) is 3.74. The molecule has 0 atom stereocenters. The first-order valence-electron chi connectivity index (χ1n) is 7.75. The fraction of sp³-hybridized carbons (Fsp3) is 0. The molecule has 3 aromatic rings. The van der Waals surface area contributed by atoms with Gasteiger partial charge >= 0.3 is 0 Å². The normalized spacial score (nSPS) is 14.8. The zero-order valence-corrected chi connectivity index (χ0v) is 14.0. The third-order valence-electron chi connectivity index (χ3n) is 4.68. The minimum absolute atomic E-state index is 1.21. The van der Waals surface area contributed by atoms with Gasteiger partial charge in [-0.15, -0.1) is 0 Å². The second kappa shape index (κ2) is 4.81. The van der Waals surface area contributed by atoms with Crippen LogP contribution in [0.1, 0.15) is 27.8 Å². The van der Waals surface area contributed by atoms with E-state index in [9.17, 15) is 0 Å². The Morgan fingerprint density at radius 3 is 1.57 bits per heavy atom. The van der Waals surface area contributed by atoms with Crippen LogP contribution in [0.15, 0.2) is 78.9 Å². The van der Waals surface area contributed by atoms with E-state index < -0.39 is 0 Å². The summed E-state index contributed by atoms with van der Waals surface area (Å²) in [6.45, 7) is 0. The molecule has 5 rings (SSSR count). The highest BCUT2D eigenvalue weighted by Crippen LogP contribution is 2.58. The van der Waals surface area contributed by atoms with Gasteiger partial charge in [-0.1, -0.05) is 78.9 Å². The number of hydrogen-bond acceptors (Lipinski definition) is 0. The SMILES string of the molecule is BrC1=C2C(=C(c3ccccc3)c3ccccc32)c2ccccc21. The lowest BCUT2D eigenvalue weighted by atomic mass is 9.94. The molecule has 0 amide bonds. The van der Waals surface area contributed by atoms with Gasteiger partial charge in [-0.2, -0.15) is 0 Å². The third kappa shape index (κ3) is 1.71. The standard InChI is InChI=1S/C22H13Br/c23-22-18-13-7-6-12-17(18)20-19(14-8-2-1-3-9-14)15-10-4-5-11-16(15)21(20)22/h1-13H. The van der Waals surface area contributed by atoms with Gasteiger partial charge in [-0.3, -0.25) is 0 Å². The van der Waals surface area contributed by atoms with Crippen molar-refractivity contribution in [3.05, 3.63) is 107 Å². The van der Waals surface area contributed by atoms with Gasteiger partial charge in [0.2, 0.25) is 0 Å². The Bertz CT molecular complexity index is 1010. The first kappa shape index (κ1) is 13.1. The molecule has 1 heteroatoms. The molecule has 2 aliphatic rings. The van der Waals surface area contributed by atoms with Crippen LogP contribution >= 0.6 is 15.9 Å². The summed E-state index contributed by atoms with van der Waals surface area (Å²) >= 11 is 3.86. The van der Waals surface area contributed by atoms with Crippen molar-refractivity contribution in [2.75, 3.05) is 0 Å². The topological polar surface area (TPSA) is 0 Å². The van der Waals surface area contributed by atoms with Crippen molar-refractivity contribution < 1.29 is 0 Å². The van der Waals surface area contributed by atoms with E-state index >= 15 is 0 Å². The van der Waals surface area contributed by atoms with Crippen molar-refractivity contribution >= 4 is 37.1 Å². The Labute approximate surface area is 143 Å². The van der Waals surface area contributed by atoms with Gasteiger partial charge in [0.05, 0.1) is 0 Å². The van der Waals surface area contributed by atoms with Gasteiger partial charge in [0.25, 0.3) is 0 Å². The highest BCUT2D eigenvalue weighted by atomic mass is 79.9. The van der Waals surface area contributed by atoms with E-state index in [1.807, 2.05) is 0 Å². The first-order valence-corrected chi connectivity index (χ1v) is 8.55. The lowest BCUT2D eigenvalue weighted by molar-refractivity contribution is 1.54. The summed E-state index contributed by atoms with van der Waals surface area (Å²) < 4.78 is 1.21. The summed E-state index contributed by atoms with van der Waals surface area (Å²) in [4.78, 5) is 0. The lowest BCUT2D eigenvalue weighted by Gasteiger charge is -2.09. The number of allylic oxidation sites excluding steroid dienone is 2. The van der Waals surface area contributed by atoms with Crippen molar-refractivity contribution in [3.63, 3.8) is 0 Å². The van der Waals surface area contributed by atoms with Crippen molar-refractivity contribution in [2.45, 2.75) is 0 Å². The molecule has 108 valence electrons. The minimum atomic E-state index is 1.21. The summed E-state index contributed by atoms with van der Waals surface area (Å²) in [5.41, 5.74) is 10.6. The van der Waals surface area contributed by atoms with Gasteiger partial charge in [0, 0.05) is 10.1 Å². The van der Waals surface area contributed by atoms with Gasteiger partial charge in [-0.25, -0.2) is 0 Å². The second-order valence-corrected chi connectivity index (χ2v) is 6.69. The molecule has 0 bridgehead atoms. The monoisotopic (exact) mass is 356 g/mol. The molecule has 0 spiro atoms. The zero-order chi connectivity index (χ0) is 15.4. The Hall–Kier alpha value is -2.38. The third-order valence-corrected chi connectivity index (χ3v) is 5.50. The first-order chi connectivity index (χ1) is 11.4. The molecule has 0 nitrogen and oxygen atoms in total. The molecule has 0 N–H and O–H groups in total. The molecule has 0 unspecified atom stereocenters. The van der Waals surface area contributed by atoms with E-state index in [1.54, 1.807) is 0 Å². The van der Waals surface area contributed by atoms with Gasteiger partial charge < -0.3 is 0 Å². The van der Waals surface area contributed by atoms with Crippen LogP contribution in [0.5, 0.6) is 0 Å². The average molecular weight is 357 g/mol. The van der Waals surface area contributed by atoms with Crippen LogP contribution in [0, 0.1) is 0 Å². The van der Waals surface area contributed by atoms with Crippen LogP contribution in [0.25, 0.3) is 21.2 Å². The quantitative estimate of drug-likeness (QED) is 0.484. The maximum absolute atomic E-state index is 3.86. The number of hydrogen-bond donors (Lipinski definition) is 0. The van der Waals surface area contributed by atoms with Crippen molar-refractivity contribution in [1.29, 1.82) is 0 Å². The smallest absolute Gasteiger partial charge is 0.0339 e. The van der Waals surface area contributed by atoms with Crippen LogP contribution in [0.2, 0.25) is 0 Å². The molecule has 3 aromatic carbocycles. The predicted molar refractivity (Wildman–Crippen MR) is 101 cm³/mol. The van der Waals surface area contributed by atoms with Crippen molar-refractivity contribution in [1.82, 2.24) is 0 Å². The summed E-state index contributed by atoms with van der Waals surface area (Å²) in [6.07, 6.45) is 0. The Kier molecular flexibility index (Phi) is 2.74. The van der Waals surface area contributed by atoms with Crippen LogP contribution in [-0.2, 0) is 0 Å². The molecule has 0 saturated heterocycles. The molecule has 0 radical (unpaired) electrons. The summed E-state index contributed by atoms with van der Waals surface area (Å²) in [6, 6.07) is 28.1. The maximum atomic E-state index is 3.86. The second-order valence-electron chi connectivity index (χ2n) is 5.90. The molecule has 23 heavy (non-hydrogen) atoms. The molecule has 0 fully saturated rings. The van der Waals surface area contributed by atoms with Crippen molar-refractivity contribution in [3.8, 4) is 0 Å². The van der Waals surface area contributed by atoms with E-state index in [-0.39, 0.29) is 0 Å². The Morgan fingerprint density at radius 1 is 0.435 bits per heavy atom. The Balaban J connectivity index is 1.94. The molecule has 0 aliphatic heterocycles. The van der Waals surface area contributed by atoms with Crippen molar-refractivity contribution in [2.24, 2.45) is 0 Å². The van der Waals surface area contributed by atoms with E-state index in [0.29, 0.717) is 0 Å². The number of halogens is 1. The molecule has 2 aliphatic carbocycles. The van der Waals surface area contributed by atoms with Gasteiger partial charge in [0.1, 0.15) is 0 Å². The molecular weight excluding hydrogens is 344 g/mol. The van der Waals surface area contributed by atoms with Crippen LogP contribution in [0.4, 0.5) is 0 Å². The average Bonchev–Trinajstić information content (AvgIpc) is 3.10.